The Morgan fingerprint density at radius 3 is 1.35 bits per heavy atom. The third-order valence-electron chi connectivity index (χ3n) is 4.31. The first-order valence-electron chi connectivity index (χ1n) is 8.17. The third kappa shape index (κ3) is 4.50. The van der Waals surface area contributed by atoms with Crippen molar-refractivity contribution in [2.24, 2.45) is 0 Å². The molecule has 0 atom stereocenters. The number of nitrogen functional groups attached to an aromatic ring is 1. The molecule has 0 radical (unpaired) electrons. The van der Waals surface area contributed by atoms with Crippen molar-refractivity contribution < 1.29 is 30.0 Å². The van der Waals surface area contributed by atoms with Gasteiger partial charge in [-0.05, 0) is 37.5 Å². The Bertz CT molecular complexity index is 616. The highest BCUT2D eigenvalue weighted by molar-refractivity contribution is 6.06. The summed E-state index contributed by atoms with van der Waals surface area (Å²) in [5, 5.41) is 41.5. The highest BCUT2D eigenvalue weighted by Gasteiger charge is 2.26. The van der Waals surface area contributed by atoms with E-state index in [1.54, 1.807) is 20.8 Å². The number of hydrogen-bond acceptors (Lipinski definition) is 7. The van der Waals surface area contributed by atoms with Crippen molar-refractivity contribution in [2.75, 3.05) is 32.2 Å². The van der Waals surface area contributed by atoms with Crippen LogP contribution in [0.25, 0.3) is 0 Å². The van der Waals surface area contributed by atoms with Gasteiger partial charge in [0.1, 0.15) is 0 Å². The van der Waals surface area contributed by atoms with Crippen LogP contribution in [0.4, 0.5) is 5.69 Å². The van der Waals surface area contributed by atoms with Crippen molar-refractivity contribution in [2.45, 2.75) is 32.9 Å². The molecular formula is C17H27N3O6. The number of nitrogens with one attached hydrogen (secondary N) is 2. The Kier molecular flexibility index (Phi) is 7.97. The predicted octanol–water partition coefficient (Wildman–Crippen LogP) is -1.64. The summed E-state index contributed by atoms with van der Waals surface area (Å²) in [5.74, 6) is -1.15. The summed E-state index contributed by atoms with van der Waals surface area (Å²) in [7, 11) is 0. The summed E-state index contributed by atoms with van der Waals surface area (Å²) in [6, 6.07) is -1.68. The largest absolute Gasteiger partial charge is 0.398 e. The Hall–Kier alpha value is -2.20. The quantitative estimate of drug-likeness (QED) is 0.270. The molecule has 0 spiro atoms. The lowest BCUT2D eigenvalue weighted by Gasteiger charge is -2.22. The van der Waals surface area contributed by atoms with Crippen LogP contribution in [-0.4, -0.2) is 70.8 Å². The van der Waals surface area contributed by atoms with Crippen molar-refractivity contribution in [1.82, 2.24) is 10.6 Å². The second kappa shape index (κ2) is 9.48. The van der Waals surface area contributed by atoms with E-state index in [4.69, 9.17) is 26.2 Å². The fraction of sp³-hybridized carbons (Fsp3) is 0.529. The van der Waals surface area contributed by atoms with Crippen LogP contribution in [0, 0.1) is 20.8 Å². The average Bonchev–Trinajstić information content (AvgIpc) is 2.62. The van der Waals surface area contributed by atoms with Gasteiger partial charge in [-0.3, -0.25) is 9.59 Å². The SMILES string of the molecule is Cc1c(N)c(C)c(C(=O)NC(CO)CO)c(C)c1C(=O)NC(CO)CO. The molecule has 2 amide bonds. The van der Waals surface area contributed by atoms with Crippen molar-refractivity contribution in [1.29, 1.82) is 0 Å². The zero-order chi connectivity index (χ0) is 20.0. The van der Waals surface area contributed by atoms with E-state index in [2.05, 4.69) is 10.6 Å². The first kappa shape index (κ1) is 21.8. The number of aliphatic hydroxyl groups is 4. The van der Waals surface area contributed by atoms with Gasteiger partial charge in [0, 0.05) is 16.8 Å². The Morgan fingerprint density at radius 2 is 1.08 bits per heavy atom. The number of carbonyl (C=O) groups is 2. The van der Waals surface area contributed by atoms with Crippen LogP contribution in [0.3, 0.4) is 0 Å². The summed E-state index contributed by atoms with van der Waals surface area (Å²) in [6.07, 6.45) is 0. The maximum atomic E-state index is 12.6. The number of aliphatic hydroxyl groups excluding tert-OH is 4. The van der Waals surface area contributed by atoms with E-state index >= 15 is 0 Å². The molecule has 0 aliphatic rings. The molecule has 9 heteroatoms. The number of carbonyl (C=O) groups excluding carboxylic acids is 2. The van der Waals surface area contributed by atoms with Gasteiger partial charge >= 0.3 is 0 Å². The molecule has 0 bridgehead atoms. The number of amides is 2. The van der Waals surface area contributed by atoms with E-state index in [9.17, 15) is 9.59 Å². The first-order valence-corrected chi connectivity index (χ1v) is 8.17. The maximum absolute atomic E-state index is 12.6. The molecule has 0 aromatic heterocycles. The van der Waals surface area contributed by atoms with Gasteiger partial charge in [-0.25, -0.2) is 0 Å². The second-order valence-corrected chi connectivity index (χ2v) is 6.11. The van der Waals surface area contributed by atoms with Crippen LogP contribution >= 0.6 is 0 Å². The lowest BCUT2D eigenvalue weighted by atomic mass is 9.90. The fourth-order valence-electron chi connectivity index (χ4n) is 2.73. The Labute approximate surface area is 151 Å². The molecule has 8 N–H and O–H groups in total. The van der Waals surface area contributed by atoms with Crippen molar-refractivity contribution >= 4 is 17.5 Å². The van der Waals surface area contributed by atoms with Gasteiger partial charge in [0.05, 0.1) is 38.5 Å². The van der Waals surface area contributed by atoms with Crippen molar-refractivity contribution in [3.63, 3.8) is 0 Å². The van der Waals surface area contributed by atoms with E-state index in [1.807, 2.05) is 0 Å². The van der Waals surface area contributed by atoms with Crippen LogP contribution in [0.5, 0.6) is 0 Å². The van der Waals surface area contributed by atoms with Crippen LogP contribution < -0.4 is 16.4 Å². The number of hydrogen-bond donors (Lipinski definition) is 7. The monoisotopic (exact) mass is 369 g/mol. The number of benzene rings is 1. The molecule has 1 rings (SSSR count). The first-order chi connectivity index (χ1) is 12.2. The number of anilines is 1. The van der Waals surface area contributed by atoms with Gasteiger partial charge in [0.2, 0.25) is 0 Å². The van der Waals surface area contributed by atoms with E-state index in [0.29, 0.717) is 16.7 Å². The second-order valence-electron chi connectivity index (χ2n) is 6.11. The summed E-state index contributed by atoms with van der Waals surface area (Å²) in [4.78, 5) is 25.2. The lowest BCUT2D eigenvalue weighted by Crippen LogP contribution is -2.42. The molecule has 1 aromatic rings. The molecule has 9 nitrogen and oxygen atoms in total. The molecule has 0 unspecified atom stereocenters. The molecule has 146 valence electrons. The third-order valence-corrected chi connectivity index (χ3v) is 4.31. The predicted molar refractivity (Wildman–Crippen MR) is 95.9 cm³/mol. The van der Waals surface area contributed by atoms with Crippen molar-refractivity contribution in [3.8, 4) is 0 Å². The standard InChI is InChI=1S/C17H27N3O6/c1-8-13(16(25)19-11(4-21)5-22)9(2)15(18)10(3)14(8)17(26)20-12(6-23)7-24/h11-12,21-24H,4-7,18H2,1-3H3,(H,19,25)(H,20,26). The van der Waals surface area contributed by atoms with Crippen LogP contribution in [0.15, 0.2) is 0 Å². The van der Waals surface area contributed by atoms with Crippen LogP contribution in [0.1, 0.15) is 37.4 Å². The maximum Gasteiger partial charge on any atom is 0.252 e. The van der Waals surface area contributed by atoms with E-state index in [0.717, 1.165) is 0 Å². The summed E-state index contributed by atoms with van der Waals surface area (Å²) in [5.41, 5.74) is 8.00. The highest BCUT2D eigenvalue weighted by atomic mass is 16.3. The zero-order valence-corrected chi connectivity index (χ0v) is 15.2. The summed E-state index contributed by atoms with van der Waals surface area (Å²) in [6.45, 7) is 3.11. The van der Waals surface area contributed by atoms with Gasteiger partial charge in [-0.2, -0.15) is 0 Å². The van der Waals surface area contributed by atoms with Gasteiger partial charge in [-0.15, -0.1) is 0 Å². The average molecular weight is 369 g/mol. The Morgan fingerprint density at radius 1 is 0.769 bits per heavy atom. The molecule has 26 heavy (non-hydrogen) atoms. The molecule has 0 aliphatic carbocycles. The lowest BCUT2D eigenvalue weighted by molar-refractivity contribution is 0.0875. The Balaban J connectivity index is 3.40. The van der Waals surface area contributed by atoms with Gasteiger partial charge in [-0.1, -0.05) is 0 Å². The van der Waals surface area contributed by atoms with Gasteiger partial charge < -0.3 is 36.8 Å². The molecule has 0 saturated heterocycles. The number of rotatable bonds is 8. The molecule has 1 aromatic carbocycles. The van der Waals surface area contributed by atoms with E-state index in [1.165, 1.54) is 0 Å². The molecular weight excluding hydrogens is 342 g/mol. The van der Waals surface area contributed by atoms with Gasteiger partial charge in [0.25, 0.3) is 11.8 Å². The molecule has 0 heterocycles. The van der Waals surface area contributed by atoms with E-state index < -0.39 is 50.3 Å². The molecule has 0 aliphatic heterocycles. The zero-order valence-electron chi connectivity index (χ0n) is 15.2. The normalized spacial score (nSPS) is 11.1. The number of nitrogens with two attached hydrogens (primary N) is 1. The fourth-order valence-corrected chi connectivity index (χ4v) is 2.73. The molecule has 0 saturated carbocycles. The molecule has 0 fully saturated rings. The van der Waals surface area contributed by atoms with Crippen LogP contribution in [0.2, 0.25) is 0 Å². The van der Waals surface area contributed by atoms with Crippen molar-refractivity contribution in [3.05, 3.63) is 27.8 Å². The minimum Gasteiger partial charge on any atom is -0.398 e. The topological polar surface area (TPSA) is 165 Å². The minimum atomic E-state index is -0.839. The summed E-state index contributed by atoms with van der Waals surface area (Å²) < 4.78 is 0. The van der Waals surface area contributed by atoms with Gasteiger partial charge in [0.15, 0.2) is 0 Å². The highest BCUT2D eigenvalue weighted by Crippen LogP contribution is 2.29. The summed E-state index contributed by atoms with van der Waals surface area (Å²) >= 11 is 0. The van der Waals surface area contributed by atoms with E-state index in [-0.39, 0.29) is 16.8 Å². The van der Waals surface area contributed by atoms with Crippen LogP contribution in [-0.2, 0) is 0 Å². The smallest absolute Gasteiger partial charge is 0.252 e. The minimum absolute atomic E-state index is 0.176.